The fraction of sp³-hybridized carbons (Fsp3) is 0.300. The maximum absolute atomic E-state index is 11.1. The quantitative estimate of drug-likeness (QED) is 0.673. The van der Waals surface area contributed by atoms with E-state index in [2.05, 4.69) is 4.74 Å². The van der Waals surface area contributed by atoms with E-state index in [4.69, 9.17) is 33.7 Å². The van der Waals surface area contributed by atoms with Gasteiger partial charge in [0.1, 0.15) is 5.75 Å². The topological polar surface area (TPSA) is 61.5 Å². The van der Waals surface area contributed by atoms with Crippen molar-refractivity contribution >= 4 is 34.9 Å². The molecule has 1 aromatic rings. The Morgan fingerprint density at radius 2 is 1.94 bits per heavy atom. The molecule has 0 bridgehead atoms. The van der Waals surface area contributed by atoms with Crippen LogP contribution in [0.1, 0.15) is 6.92 Å². The SMILES string of the molecule is COC(=O)C(C)Oc1cc(Cl)c(Cl)cc1N. The molecule has 88 valence electrons. The van der Waals surface area contributed by atoms with Gasteiger partial charge in [-0.2, -0.15) is 0 Å². The number of anilines is 1. The number of esters is 1. The fourth-order valence-electron chi connectivity index (χ4n) is 1.05. The van der Waals surface area contributed by atoms with Crippen molar-refractivity contribution in [2.75, 3.05) is 12.8 Å². The lowest BCUT2D eigenvalue weighted by atomic mass is 10.3. The van der Waals surface area contributed by atoms with Crippen molar-refractivity contribution in [2.24, 2.45) is 0 Å². The molecule has 6 heteroatoms. The van der Waals surface area contributed by atoms with Gasteiger partial charge >= 0.3 is 5.97 Å². The Morgan fingerprint density at radius 1 is 1.38 bits per heavy atom. The number of carbonyl (C=O) groups is 1. The van der Waals surface area contributed by atoms with Gasteiger partial charge in [-0.25, -0.2) is 4.79 Å². The van der Waals surface area contributed by atoms with Crippen molar-refractivity contribution in [2.45, 2.75) is 13.0 Å². The molecule has 0 fully saturated rings. The third-order valence-corrected chi connectivity index (χ3v) is 2.61. The van der Waals surface area contributed by atoms with Crippen LogP contribution in [0.25, 0.3) is 0 Å². The van der Waals surface area contributed by atoms with Gasteiger partial charge in [-0.3, -0.25) is 0 Å². The first kappa shape index (κ1) is 12.9. The average molecular weight is 264 g/mol. The average Bonchev–Trinajstić information content (AvgIpc) is 2.24. The number of benzene rings is 1. The van der Waals surface area contributed by atoms with Crippen molar-refractivity contribution in [1.29, 1.82) is 0 Å². The number of nitrogen functional groups attached to an aromatic ring is 1. The molecule has 2 N–H and O–H groups in total. The molecule has 16 heavy (non-hydrogen) atoms. The van der Waals surface area contributed by atoms with E-state index in [0.717, 1.165) is 0 Å². The van der Waals surface area contributed by atoms with E-state index in [1.54, 1.807) is 6.92 Å². The first-order valence-corrected chi connectivity index (χ1v) is 5.20. The molecule has 4 nitrogen and oxygen atoms in total. The van der Waals surface area contributed by atoms with Crippen LogP contribution in [0, 0.1) is 0 Å². The second-order valence-electron chi connectivity index (χ2n) is 3.09. The highest BCUT2D eigenvalue weighted by Crippen LogP contribution is 2.32. The largest absolute Gasteiger partial charge is 0.477 e. The molecule has 1 rings (SSSR count). The summed E-state index contributed by atoms with van der Waals surface area (Å²) in [5, 5.41) is 0.639. The molecule has 0 heterocycles. The van der Waals surface area contributed by atoms with Gasteiger partial charge < -0.3 is 15.2 Å². The first-order valence-electron chi connectivity index (χ1n) is 4.44. The third kappa shape index (κ3) is 2.93. The second-order valence-corrected chi connectivity index (χ2v) is 3.90. The second kappa shape index (κ2) is 5.27. The van der Waals surface area contributed by atoms with Crippen molar-refractivity contribution in [3.63, 3.8) is 0 Å². The fourth-order valence-corrected chi connectivity index (χ4v) is 1.38. The molecule has 0 saturated carbocycles. The molecule has 0 amide bonds. The van der Waals surface area contributed by atoms with Crippen molar-refractivity contribution in [3.05, 3.63) is 22.2 Å². The molecule has 1 unspecified atom stereocenters. The predicted octanol–water partition coefficient (Wildman–Crippen LogP) is 2.52. The van der Waals surface area contributed by atoms with Crippen molar-refractivity contribution in [3.8, 4) is 5.75 Å². The Kier molecular flexibility index (Phi) is 4.26. The zero-order valence-corrected chi connectivity index (χ0v) is 10.3. The maximum Gasteiger partial charge on any atom is 0.346 e. The molecule has 0 aliphatic carbocycles. The van der Waals surface area contributed by atoms with Gasteiger partial charge in [0.05, 0.1) is 22.8 Å². The van der Waals surface area contributed by atoms with Gasteiger partial charge in [-0.1, -0.05) is 23.2 Å². The monoisotopic (exact) mass is 263 g/mol. The first-order chi connectivity index (χ1) is 7.45. The van der Waals surface area contributed by atoms with Gasteiger partial charge in [-0.05, 0) is 13.0 Å². The number of nitrogens with two attached hydrogens (primary N) is 1. The number of halogens is 2. The Bertz CT molecular complexity index is 409. The Balaban J connectivity index is 2.89. The molecule has 0 spiro atoms. The lowest BCUT2D eigenvalue weighted by Gasteiger charge is -2.14. The molecule has 0 radical (unpaired) electrons. The van der Waals surface area contributed by atoms with E-state index in [9.17, 15) is 4.79 Å². The summed E-state index contributed by atoms with van der Waals surface area (Å²) in [5.74, 6) is -0.197. The third-order valence-electron chi connectivity index (χ3n) is 1.89. The maximum atomic E-state index is 11.1. The summed E-state index contributed by atoms with van der Waals surface area (Å²) >= 11 is 11.6. The number of hydrogen-bond acceptors (Lipinski definition) is 4. The van der Waals surface area contributed by atoms with E-state index < -0.39 is 12.1 Å². The van der Waals surface area contributed by atoms with Crippen LogP contribution < -0.4 is 10.5 Å². The van der Waals surface area contributed by atoms with Gasteiger partial charge in [0.25, 0.3) is 0 Å². The van der Waals surface area contributed by atoms with E-state index in [1.807, 2.05) is 0 Å². The predicted molar refractivity (Wildman–Crippen MR) is 63.0 cm³/mol. The Hall–Kier alpha value is -1.13. The summed E-state index contributed by atoms with van der Waals surface area (Å²) in [7, 11) is 1.28. The summed E-state index contributed by atoms with van der Waals surface area (Å²) in [6, 6.07) is 2.92. The molecule has 1 aromatic carbocycles. The van der Waals surface area contributed by atoms with Gasteiger partial charge in [0, 0.05) is 6.07 Å². The zero-order chi connectivity index (χ0) is 12.3. The number of methoxy groups -OCH3 is 1. The smallest absolute Gasteiger partial charge is 0.346 e. The summed E-state index contributed by atoms with van der Waals surface area (Å²) < 4.78 is 9.81. The van der Waals surface area contributed by atoms with Crippen molar-refractivity contribution in [1.82, 2.24) is 0 Å². The minimum Gasteiger partial charge on any atom is -0.477 e. The van der Waals surface area contributed by atoms with Crippen LogP contribution in [0.4, 0.5) is 5.69 Å². The van der Waals surface area contributed by atoms with E-state index >= 15 is 0 Å². The molecule has 0 saturated heterocycles. The number of hydrogen-bond donors (Lipinski definition) is 1. The zero-order valence-electron chi connectivity index (χ0n) is 8.79. The van der Waals surface area contributed by atoms with E-state index in [1.165, 1.54) is 19.2 Å². The molecular weight excluding hydrogens is 253 g/mol. The minimum absolute atomic E-state index is 0.298. The number of carbonyl (C=O) groups excluding carboxylic acids is 1. The van der Waals surface area contributed by atoms with Crippen LogP contribution in [0.3, 0.4) is 0 Å². The molecule has 0 aliphatic heterocycles. The standard InChI is InChI=1S/C10H11Cl2NO3/c1-5(10(14)15-2)16-9-4-7(12)6(11)3-8(9)13/h3-5H,13H2,1-2H3. The summed E-state index contributed by atoms with van der Waals surface area (Å²) in [6.45, 7) is 1.55. The Morgan fingerprint density at radius 3 is 2.50 bits per heavy atom. The molecule has 0 aromatic heterocycles. The minimum atomic E-state index is -0.760. The lowest BCUT2D eigenvalue weighted by Crippen LogP contribution is -2.25. The van der Waals surface area contributed by atoms with Gasteiger partial charge in [-0.15, -0.1) is 0 Å². The van der Waals surface area contributed by atoms with Crippen LogP contribution >= 0.6 is 23.2 Å². The van der Waals surface area contributed by atoms with Crippen LogP contribution in [-0.2, 0) is 9.53 Å². The van der Waals surface area contributed by atoms with Crippen LogP contribution in [-0.4, -0.2) is 19.2 Å². The van der Waals surface area contributed by atoms with Crippen LogP contribution in [0.15, 0.2) is 12.1 Å². The molecule has 0 aliphatic rings. The summed E-state index contributed by atoms with van der Waals surface area (Å²) in [4.78, 5) is 11.1. The molecular formula is C10H11Cl2NO3. The number of ether oxygens (including phenoxy) is 2. The highest BCUT2D eigenvalue weighted by Gasteiger charge is 2.17. The highest BCUT2D eigenvalue weighted by atomic mass is 35.5. The number of rotatable bonds is 3. The van der Waals surface area contributed by atoms with Crippen LogP contribution in [0.5, 0.6) is 5.75 Å². The molecule has 1 atom stereocenters. The van der Waals surface area contributed by atoms with E-state index in [0.29, 0.717) is 21.5 Å². The normalized spacial score (nSPS) is 12.0. The van der Waals surface area contributed by atoms with E-state index in [-0.39, 0.29) is 0 Å². The summed E-state index contributed by atoms with van der Waals surface area (Å²) in [5.41, 5.74) is 5.97. The highest BCUT2D eigenvalue weighted by molar-refractivity contribution is 6.42. The van der Waals surface area contributed by atoms with Crippen LogP contribution in [0.2, 0.25) is 10.0 Å². The van der Waals surface area contributed by atoms with Gasteiger partial charge in [0.2, 0.25) is 0 Å². The van der Waals surface area contributed by atoms with Gasteiger partial charge in [0.15, 0.2) is 6.10 Å². The summed E-state index contributed by atoms with van der Waals surface area (Å²) in [6.07, 6.45) is -0.760. The Labute approximate surface area is 103 Å². The van der Waals surface area contributed by atoms with Crippen molar-refractivity contribution < 1.29 is 14.3 Å². The lowest BCUT2D eigenvalue weighted by molar-refractivity contribution is -0.147.